The summed E-state index contributed by atoms with van der Waals surface area (Å²) >= 11 is 0. The van der Waals surface area contributed by atoms with Crippen LogP contribution in [0.15, 0.2) is 35.3 Å². The summed E-state index contributed by atoms with van der Waals surface area (Å²) in [4.78, 5) is 34.3. The number of ether oxygens (including phenoxy) is 1. The molecule has 0 radical (unpaired) electrons. The standard InChI is InChI=1S/C21H25N3O3/c25-20-18(12-15-6-1-2-9-19(15)23-20)21(26)24-11-5-8-17(13-24)27-14-16-7-3-4-10-22-16/h3-4,7,10,12,17H,1-2,5-6,8-9,11,13-14H2,(H,23,25). The maximum Gasteiger partial charge on any atom is 0.261 e. The van der Waals surface area contributed by atoms with Crippen molar-refractivity contribution >= 4 is 5.91 Å². The van der Waals surface area contributed by atoms with Gasteiger partial charge in [0, 0.05) is 25.0 Å². The zero-order chi connectivity index (χ0) is 18.6. The predicted molar refractivity (Wildman–Crippen MR) is 102 cm³/mol. The number of aromatic nitrogens is 2. The largest absolute Gasteiger partial charge is 0.370 e. The lowest BCUT2D eigenvalue weighted by molar-refractivity contribution is -0.00790. The Labute approximate surface area is 158 Å². The number of pyridine rings is 2. The van der Waals surface area contributed by atoms with Crippen LogP contribution in [0, 0.1) is 0 Å². The maximum absolute atomic E-state index is 13.0. The first-order valence-corrected chi connectivity index (χ1v) is 9.76. The van der Waals surface area contributed by atoms with Crippen molar-refractivity contribution in [3.63, 3.8) is 0 Å². The number of carbonyl (C=O) groups excluding carboxylic acids is 1. The molecule has 142 valence electrons. The summed E-state index contributed by atoms with van der Waals surface area (Å²) in [6.45, 7) is 1.62. The number of fused-ring (bicyclic) bond motifs is 1. The number of nitrogens with one attached hydrogen (secondary N) is 1. The van der Waals surface area contributed by atoms with Gasteiger partial charge in [-0.2, -0.15) is 0 Å². The van der Waals surface area contributed by atoms with E-state index >= 15 is 0 Å². The molecule has 1 atom stereocenters. The van der Waals surface area contributed by atoms with Gasteiger partial charge in [-0.25, -0.2) is 0 Å². The molecule has 1 aliphatic heterocycles. The van der Waals surface area contributed by atoms with Crippen molar-refractivity contribution in [3.05, 3.63) is 63.3 Å². The van der Waals surface area contributed by atoms with Crippen molar-refractivity contribution in [1.29, 1.82) is 0 Å². The Balaban J connectivity index is 1.43. The van der Waals surface area contributed by atoms with E-state index in [2.05, 4.69) is 9.97 Å². The Kier molecular flexibility index (Phi) is 5.34. The van der Waals surface area contributed by atoms with Gasteiger partial charge in [-0.05, 0) is 62.3 Å². The Hall–Kier alpha value is -2.47. The minimum absolute atomic E-state index is 0.0265. The topological polar surface area (TPSA) is 75.3 Å². The average Bonchev–Trinajstić information content (AvgIpc) is 2.72. The van der Waals surface area contributed by atoms with Crippen LogP contribution < -0.4 is 5.56 Å². The lowest BCUT2D eigenvalue weighted by atomic mass is 9.94. The molecular weight excluding hydrogens is 342 g/mol. The lowest BCUT2D eigenvalue weighted by Crippen LogP contribution is -2.44. The molecule has 6 heteroatoms. The number of carbonyl (C=O) groups is 1. The summed E-state index contributed by atoms with van der Waals surface area (Å²) in [5.74, 6) is -0.184. The zero-order valence-electron chi connectivity index (χ0n) is 15.4. The third kappa shape index (κ3) is 4.11. The van der Waals surface area contributed by atoms with Crippen LogP contribution in [0.3, 0.4) is 0 Å². The lowest BCUT2D eigenvalue weighted by Gasteiger charge is -2.32. The highest BCUT2D eigenvalue weighted by Gasteiger charge is 2.27. The molecule has 0 spiro atoms. The van der Waals surface area contributed by atoms with Crippen molar-refractivity contribution in [3.8, 4) is 0 Å². The smallest absolute Gasteiger partial charge is 0.261 e. The van der Waals surface area contributed by atoms with Crippen LogP contribution in [0.4, 0.5) is 0 Å². The number of hydrogen-bond acceptors (Lipinski definition) is 4. The number of rotatable bonds is 4. The number of aromatic amines is 1. The molecule has 3 heterocycles. The second kappa shape index (κ2) is 8.05. The molecule has 1 aliphatic carbocycles. The van der Waals surface area contributed by atoms with Gasteiger partial charge in [0.2, 0.25) is 0 Å². The predicted octanol–water partition coefficient (Wildman–Crippen LogP) is 2.47. The summed E-state index contributed by atoms with van der Waals surface area (Å²) in [7, 11) is 0. The molecule has 1 amide bonds. The fourth-order valence-corrected chi connectivity index (χ4v) is 3.95. The van der Waals surface area contributed by atoms with E-state index in [4.69, 9.17) is 4.74 Å². The van der Waals surface area contributed by atoms with E-state index in [1.54, 1.807) is 11.1 Å². The minimum atomic E-state index is -0.267. The summed E-state index contributed by atoms with van der Waals surface area (Å²) in [6, 6.07) is 7.55. The van der Waals surface area contributed by atoms with Crippen molar-refractivity contribution < 1.29 is 9.53 Å². The van der Waals surface area contributed by atoms with Crippen molar-refractivity contribution in [2.24, 2.45) is 0 Å². The van der Waals surface area contributed by atoms with Gasteiger partial charge >= 0.3 is 0 Å². The van der Waals surface area contributed by atoms with E-state index in [0.717, 1.165) is 55.5 Å². The number of nitrogens with zero attached hydrogens (tertiary/aromatic N) is 2. The number of likely N-dealkylation sites (tertiary alicyclic amines) is 1. The molecule has 2 aliphatic rings. The molecule has 0 saturated carbocycles. The van der Waals surface area contributed by atoms with Crippen LogP contribution >= 0.6 is 0 Å². The van der Waals surface area contributed by atoms with Gasteiger partial charge in [-0.1, -0.05) is 6.07 Å². The highest BCUT2D eigenvalue weighted by molar-refractivity contribution is 5.94. The first kappa shape index (κ1) is 17.9. The van der Waals surface area contributed by atoms with Crippen molar-refractivity contribution in [2.75, 3.05) is 13.1 Å². The molecule has 2 aromatic heterocycles. The monoisotopic (exact) mass is 367 g/mol. The van der Waals surface area contributed by atoms with Crippen molar-refractivity contribution in [2.45, 2.75) is 51.2 Å². The molecule has 0 aromatic carbocycles. The first-order chi connectivity index (χ1) is 13.2. The first-order valence-electron chi connectivity index (χ1n) is 9.76. The van der Waals surface area contributed by atoms with Crippen LogP contribution in [0.5, 0.6) is 0 Å². The SMILES string of the molecule is O=C(c1cc2c([nH]c1=O)CCCC2)N1CCCC(OCc2ccccn2)C1. The molecule has 1 N–H and O–H groups in total. The van der Waals surface area contributed by atoms with Crippen LogP contribution in [-0.4, -0.2) is 40.0 Å². The third-order valence-corrected chi connectivity index (χ3v) is 5.43. The maximum atomic E-state index is 13.0. The second-order valence-electron chi connectivity index (χ2n) is 7.37. The normalized spacial score (nSPS) is 19.6. The quantitative estimate of drug-likeness (QED) is 0.901. The zero-order valence-corrected chi connectivity index (χ0v) is 15.4. The molecule has 4 rings (SSSR count). The van der Waals surface area contributed by atoms with Gasteiger partial charge in [0.1, 0.15) is 5.56 Å². The van der Waals surface area contributed by atoms with E-state index in [9.17, 15) is 9.59 Å². The number of hydrogen-bond donors (Lipinski definition) is 1. The molecule has 0 bridgehead atoms. The number of piperidine rings is 1. The molecular formula is C21H25N3O3. The third-order valence-electron chi connectivity index (χ3n) is 5.43. The number of aryl methyl sites for hydroxylation is 2. The summed E-state index contributed by atoms with van der Waals surface area (Å²) in [6.07, 6.45) is 7.55. The van der Waals surface area contributed by atoms with E-state index in [1.807, 2.05) is 24.3 Å². The molecule has 1 saturated heterocycles. The highest BCUT2D eigenvalue weighted by atomic mass is 16.5. The van der Waals surface area contributed by atoms with Gasteiger partial charge in [0.05, 0.1) is 18.4 Å². The van der Waals surface area contributed by atoms with E-state index in [-0.39, 0.29) is 23.1 Å². The molecule has 1 unspecified atom stereocenters. The van der Waals surface area contributed by atoms with E-state index < -0.39 is 0 Å². The molecule has 6 nitrogen and oxygen atoms in total. The minimum Gasteiger partial charge on any atom is -0.370 e. The second-order valence-corrected chi connectivity index (χ2v) is 7.37. The van der Waals surface area contributed by atoms with Crippen LogP contribution in [0.1, 0.15) is 53.0 Å². The van der Waals surface area contributed by atoms with Crippen LogP contribution in [-0.2, 0) is 24.2 Å². The fourth-order valence-electron chi connectivity index (χ4n) is 3.95. The molecule has 2 aromatic rings. The van der Waals surface area contributed by atoms with Gasteiger partial charge in [0.15, 0.2) is 0 Å². The van der Waals surface area contributed by atoms with Gasteiger partial charge in [-0.3, -0.25) is 14.6 Å². The number of H-pyrrole nitrogens is 1. The Morgan fingerprint density at radius 2 is 2.15 bits per heavy atom. The molecule has 1 fully saturated rings. The summed E-state index contributed by atoms with van der Waals surface area (Å²) in [5.41, 5.74) is 2.99. The molecule has 27 heavy (non-hydrogen) atoms. The van der Waals surface area contributed by atoms with Gasteiger partial charge in [-0.15, -0.1) is 0 Å². The van der Waals surface area contributed by atoms with E-state index in [0.29, 0.717) is 19.7 Å². The number of amides is 1. The summed E-state index contributed by atoms with van der Waals surface area (Å²) in [5, 5.41) is 0. The fraction of sp³-hybridized carbons (Fsp3) is 0.476. The Morgan fingerprint density at radius 3 is 3.00 bits per heavy atom. The Morgan fingerprint density at radius 1 is 1.26 bits per heavy atom. The van der Waals surface area contributed by atoms with E-state index in [1.165, 1.54) is 0 Å². The van der Waals surface area contributed by atoms with Gasteiger partial charge < -0.3 is 14.6 Å². The summed E-state index contributed by atoms with van der Waals surface area (Å²) < 4.78 is 5.96. The highest BCUT2D eigenvalue weighted by Crippen LogP contribution is 2.21. The average molecular weight is 367 g/mol. The van der Waals surface area contributed by atoms with Crippen molar-refractivity contribution in [1.82, 2.24) is 14.9 Å². The Bertz CT molecular complexity index is 863. The van der Waals surface area contributed by atoms with Gasteiger partial charge in [0.25, 0.3) is 11.5 Å². The van der Waals surface area contributed by atoms with Crippen LogP contribution in [0.25, 0.3) is 0 Å². The van der Waals surface area contributed by atoms with Crippen LogP contribution in [0.2, 0.25) is 0 Å².